The fourth-order valence-electron chi connectivity index (χ4n) is 2.82. The fourth-order valence-corrected chi connectivity index (χ4v) is 4.46. The lowest BCUT2D eigenvalue weighted by atomic mass is 10.1. The molecule has 3 rings (SSSR count). The van der Waals surface area contributed by atoms with Crippen LogP contribution in [0.15, 0.2) is 51.8 Å². The van der Waals surface area contributed by atoms with Gasteiger partial charge in [-0.05, 0) is 42.8 Å². The van der Waals surface area contributed by atoms with Gasteiger partial charge in [0.15, 0.2) is 0 Å². The molecule has 0 radical (unpaired) electrons. The first-order chi connectivity index (χ1) is 12.8. The van der Waals surface area contributed by atoms with Gasteiger partial charge < -0.3 is 4.74 Å². The second-order valence-electron chi connectivity index (χ2n) is 5.93. The van der Waals surface area contributed by atoms with Crippen LogP contribution in [-0.2, 0) is 19.6 Å². The van der Waals surface area contributed by atoms with E-state index in [9.17, 15) is 18.0 Å². The number of amides is 2. The van der Waals surface area contributed by atoms with Crippen molar-refractivity contribution >= 4 is 49.1 Å². The third-order valence-corrected chi connectivity index (χ3v) is 5.95. The zero-order chi connectivity index (χ0) is 19.6. The van der Waals surface area contributed by atoms with Gasteiger partial charge in [0.1, 0.15) is 10.6 Å². The first kappa shape index (κ1) is 19.4. The first-order valence-electron chi connectivity index (χ1n) is 8.14. The van der Waals surface area contributed by atoms with E-state index < -0.39 is 10.0 Å². The number of imide groups is 1. The van der Waals surface area contributed by atoms with Gasteiger partial charge in [0.05, 0.1) is 12.8 Å². The number of hydrogen-bond donors (Lipinski definition) is 1. The van der Waals surface area contributed by atoms with Gasteiger partial charge in [-0.3, -0.25) is 19.2 Å². The van der Waals surface area contributed by atoms with E-state index in [2.05, 4.69) is 20.7 Å². The fraction of sp³-hybridized carbons (Fsp3) is 0.222. The molecule has 0 spiro atoms. The zero-order valence-corrected chi connectivity index (χ0v) is 16.8. The van der Waals surface area contributed by atoms with Crippen LogP contribution >= 0.6 is 15.9 Å². The molecule has 0 aromatic heterocycles. The highest BCUT2D eigenvalue weighted by atomic mass is 79.9. The Balaban J connectivity index is 2.03. The van der Waals surface area contributed by atoms with Gasteiger partial charge in [0.25, 0.3) is 10.0 Å². The Hall–Kier alpha value is -2.39. The van der Waals surface area contributed by atoms with Crippen molar-refractivity contribution in [3.8, 4) is 5.75 Å². The van der Waals surface area contributed by atoms with Crippen LogP contribution in [0.2, 0.25) is 0 Å². The maximum absolute atomic E-state index is 12.9. The summed E-state index contributed by atoms with van der Waals surface area (Å²) in [5.41, 5.74) is 0.571. The number of benzene rings is 2. The summed E-state index contributed by atoms with van der Waals surface area (Å²) >= 11 is 3.29. The maximum Gasteiger partial charge on any atom is 0.265 e. The van der Waals surface area contributed by atoms with Crippen molar-refractivity contribution in [3.63, 3.8) is 0 Å². The molecular weight excluding hydrogens is 436 g/mol. The Labute approximate surface area is 165 Å². The predicted molar refractivity (Wildman–Crippen MR) is 104 cm³/mol. The van der Waals surface area contributed by atoms with Crippen LogP contribution < -0.4 is 14.4 Å². The van der Waals surface area contributed by atoms with Crippen molar-refractivity contribution in [2.24, 2.45) is 0 Å². The van der Waals surface area contributed by atoms with Crippen LogP contribution in [0.3, 0.4) is 0 Å². The van der Waals surface area contributed by atoms with E-state index >= 15 is 0 Å². The minimum atomic E-state index is -4.01. The molecule has 7 nitrogen and oxygen atoms in total. The summed E-state index contributed by atoms with van der Waals surface area (Å²) in [4.78, 5) is 25.2. The number of ether oxygens (including phenoxy) is 1. The number of hydrogen-bond acceptors (Lipinski definition) is 5. The summed E-state index contributed by atoms with van der Waals surface area (Å²) in [5, 5.41) is 0. The van der Waals surface area contributed by atoms with Gasteiger partial charge in [-0.25, -0.2) is 8.42 Å². The lowest BCUT2D eigenvalue weighted by molar-refractivity contribution is -0.129. The van der Waals surface area contributed by atoms with Gasteiger partial charge in [-0.15, -0.1) is 0 Å². The number of rotatable bonds is 5. The van der Waals surface area contributed by atoms with Crippen molar-refractivity contribution in [1.29, 1.82) is 0 Å². The van der Waals surface area contributed by atoms with E-state index in [1.54, 1.807) is 24.3 Å². The molecular formula is C18H17BrN2O5S. The van der Waals surface area contributed by atoms with Gasteiger partial charge in [-0.2, -0.15) is 0 Å². The second kappa shape index (κ2) is 7.69. The van der Waals surface area contributed by atoms with E-state index in [-0.39, 0.29) is 41.0 Å². The van der Waals surface area contributed by atoms with Crippen LogP contribution in [0, 0.1) is 0 Å². The molecule has 1 saturated heterocycles. The number of piperidine rings is 1. The average Bonchev–Trinajstić information content (AvgIpc) is 2.61. The highest BCUT2D eigenvalue weighted by Gasteiger charge is 2.29. The molecule has 1 aliphatic heterocycles. The molecule has 2 aromatic rings. The smallest absolute Gasteiger partial charge is 0.265 e. The van der Waals surface area contributed by atoms with Crippen molar-refractivity contribution in [1.82, 2.24) is 0 Å². The Morgan fingerprint density at radius 2 is 1.78 bits per heavy atom. The molecule has 2 amide bonds. The van der Waals surface area contributed by atoms with E-state index in [4.69, 9.17) is 4.74 Å². The maximum atomic E-state index is 12.9. The topological polar surface area (TPSA) is 92.8 Å². The molecule has 0 unspecified atom stereocenters. The molecule has 142 valence electrons. The van der Waals surface area contributed by atoms with Crippen LogP contribution in [0.5, 0.6) is 5.75 Å². The summed E-state index contributed by atoms with van der Waals surface area (Å²) in [5.74, 6) is -0.586. The molecule has 1 fully saturated rings. The molecule has 1 heterocycles. The van der Waals surface area contributed by atoms with Crippen molar-refractivity contribution in [2.45, 2.75) is 24.2 Å². The number of anilines is 2. The number of carbonyl (C=O) groups is 2. The largest absolute Gasteiger partial charge is 0.495 e. The molecule has 0 bridgehead atoms. The van der Waals surface area contributed by atoms with Gasteiger partial charge in [0, 0.05) is 23.0 Å². The highest BCUT2D eigenvalue weighted by Crippen LogP contribution is 2.32. The van der Waals surface area contributed by atoms with E-state index in [0.29, 0.717) is 16.6 Å². The Morgan fingerprint density at radius 3 is 2.41 bits per heavy atom. The van der Waals surface area contributed by atoms with Crippen molar-refractivity contribution in [2.75, 3.05) is 16.7 Å². The molecule has 0 saturated carbocycles. The summed E-state index contributed by atoms with van der Waals surface area (Å²) < 4.78 is 34.2. The summed E-state index contributed by atoms with van der Waals surface area (Å²) in [6, 6.07) is 10.9. The normalized spacial score (nSPS) is 15.0. The van der Waals surface area contributed by atoms with Gasteiger partial charge in [-0.1, -0.05) is 22.0 Å². The number of carbonyl (C=O) groups excluding carboxylic acids is 2. The number of nitrogens with one attached hydrogen (secondary N) is 1. The molecule has 0 aliphatic carbocycles. The quantitative estimate of drug-likeness (QED) is 0.702. The zero-order valence-electron chi connectivity index (χ0n) is 14.4. The lowest BCUT2D eigenvalue weighted by Gasteiger charge is -2.25. The Kier molecular flexibility index (Phi) is 5.52. The number of sulfonamides is 1. The monoisotopic (exact) mass is 452 g/mol. The van der Waals surface area contributed by atoms with E-state index in [1.165, 1.54) is 25.3 Å². The number of halogens is 1. The summed E-state index contributed by atoms with van der Waals surface area (Å²) in [6.07, 6.45) is 0.992. The molecule has 9 heteroatoms. The lowest BCUT2D eigenvalue weighted by Crippen LogP contribution is -2.40. The summed E-state index contributed by atoms with van der Waals surface area (Å²) in [6.45, 7) is 0. The van der Waals surface area contributed by atoms with E-state index in [1.807, 2.05) is 0 Å². The molecule has 2 aromatic carbocycles. The SMILES string of the molecule is COc1ccc(N2C(=O)CCCC2=O)cc1S(=O)(=O)Nc1cccc(Br)c1. The predicted octanol–water partition coefficient (Wildman–Crippen LogP) is 3.30. The highest BCUT2D eigenvalue weighted by molar-refractivity contribution is 9.10. The summed E-state index contributed by atoms with van der Waals surface area (Å²) in [7, 11) is -2.66. The minimum absolute atomic E-state index is 0.109. The molecule has 0 atom stereocenters. The molecule has 1 aliphatic rings. The van der Waals surface area contributed by atoms with Crippen LogP contribution in [0.4, 0.5) is 11.4 Å². The van der Waals surface area contributed by atoms with Gasteiger partial charge >= 0.3 is 0 Å². The van der Waals surface area contributed by atoms with Gasteiger partial charge in [0.2, 0.25) is 11.8 Å². The van der Waals surface area contributed by atoms with Crippen LogP contribution in [0.25, 0.3) is 0 Å². The third kappa shape index (κ3) is 4.14. The number of nitrogens with zero attached hydrogens (tertiary/aromatic N) is 1. The van der Waals surface area contributed by atoms with Crippen molar-refractivity contribution in [3.05, 3.63) is 46.9 Å². The standard InChI is InChI=1S/C18H17BrN2O5S/c1-26-15-9-8-14(21-17(22)6-3-7-18(21)23)11-16(15)27(24,25)20-13-5-2-4-12(19)10-13/h2,4-5,8-11,20H,3,6-7H2,1H3. The third-order valence-electron chi connectivity index (χ3n) is 4.05. The first-order valence-corrected chi connectivity index (χ1v) is 10.4. The Bertz CT molecular complexity index is 991. The van der Waals surface area contributed by atoms with E-state index in [0.717, 1.165) is 4.90 Å². The van der Waals surface area contributed by atoms with Crippen molar-refractivity contribution < 1.29 is 22.7 Å². The minimum Gasteiger partial charge on any atom is -0.495 e. The average molecular weight is 453 g/mol. The van der Waals surface area contributed by atoms with Crippen LogP contribution in [-0.4, -0.2) is 27.3 Å². The molecule has 1 N–H and O–H groups in total. The second-order valence-corrected chi connectivity index (χ2v) is 8.49. The van der Waals surface area contributed by atoms with Crippen LogP contribution in [0.1, 0.15) is 19.3 Å². The number of methoxy groups -OCH3 is 1. The Morgan fingerprint density at radius 1 is 1.07 bits per heavy atom. The molecule has 27 heavy (non-hydrogen) atoms.